The van der Waals surface area contributed by atoms with Crippen LogP contribution >= 0.6 is 27.7 Å². The molecule has 0 atom stereocenters. The Morgan fingerprint density at radius 1 is 1.39 bits per heavy atom. The highest BCUT2D eigenvalue weighted by Gasteiger charge is 2.24. The van der Waals surface area contributed by atoms with E-state index in [4.69, 9.17) is 0 Å². The number of ether oxygens (including phenoxy) is 1. The van der Waals surface area contributed by atoms with Gasteiger partial charge in [0.05, 0.1) is 12.0 Å². The summed E-state index contributed by atoms with van der Waals surface area (Å²) < 4.78 is 4.12. The van der Waals surface area contributed by atoms with Crippen molar-refractivity contribution in [2.45, 2.75) is 11.8 Å². The summed E-state index contributed by atoms with van der Waals surface area (Å²) in [6, 6.07) is 7.28. The number of benzene rings is 1. The number of carbonyl (C=O) groups excluding carboxylic acids is 1. The number of nitrogens with zero attached hydrogens (tertiary/aromatic N) is 1. The summed E-state index contributed by atoms with van der Waals surface area (Å²) in [7, 11) is 1.18. The number of methoxy groups -OCH3 is 1. The summed E-state index contributed by atoms with van der Waals surface area (Å²) >= 11 is 3.76. The maximum absolute atomic E-state index is 11.5. The SMILES string of the molecule is COC(=O)C(Sc1ccc(C)cc1)=C(Br)[N+](=O)[O-]. The maximum Gasteiger partial charge on any atom is 0.352 e. The predicted octanol–water partition coefficient (Wildman–Crippen LogP) is 3.10. The molecule has 1 rings (SSSR count). The normalized spacial score (nSPS) is 11.7. The van der Waals surface area contributed by atoms with Crippen molar-refractivity contribution in [3.63, 3.8) is 0 Å². The summed E-state index contributed by atoms with van der Waals surface area (Å²) in [4.78, 5) is 22.1. The second kappa shape index (κ2) is 6.55. The molecule has 0 fully saturated rings. The van der Waals surface area contributed by atoms with E-state index in [1.54, 1.807) is 12.1 Å². The number of halogens is 1. The van der Waals surface area contributed by atoms with E-state index in [2.05, 4.69) is 20.7 Å². The van der Waals surface area contributed by atoms with Crippen LogP contribution in [0.5, 0.6) is 0 Å². The Balaban J connectivity index is 3.07. The van der Waals surface area contributed by atoms with Gasteiger partial charge in [0.1, 0.15) is 0 Å². The molecular formula is C11H10BrNO4S. The molecule has 0 aromatic heterocycles. The van der Waals surface area contributed by atoms with E-state index in [0.29, 0.717) is 0 Å². The zero-order chi connectivity index (χ0) is 13.7. The number of aryl methyl sites for hydroxylation is 1. The van der Waals surface area contributed by atoms with Crippen molar-refractivity contribution in [2.24, 2.45) is 0 Å². The van der Waals surface area contributed by atoms with Crippen LogP contribution in [0.3, 0.4) is 0 Å². The number of hydrogen-bond acceptors (Lipinski definition) is 5. The molecule has 0 aliphatic carbocycles. The van der Waals surface area contributed by atoms with Crippen LogP contribution in [-0.4, -0.2) is 18.0 Å². The highest BCUT2D eigenvalue weighted by molar-refractivity contribution is 9.11. The van der Waals surface area contributed by atoms with Crippen LogP contribution in [0.4, 0.5) is 0 Å². The molecule has 1 aromatic carbocycles. The lowest BCUT2D eigenvalue weighted by Gasteiger charge is -2.04. The topological polar surface area (TPSA) is 69.4 Å². The minimum absolute atomic E-state index is 0.0913. The summed E-state index contributed by atoms with van der Waals surface area (Å²) in [5, 5.41) is 10.7. The summed E-state index contributed by atoms with van der Waals surface area (Å²) in [5.41, 5.74) is 1.07. The smallest absolute Gasteiger partial charge is 0.352 e. The van der Waals surface area contributed by atoms with Gasteiger partial charge in [-0.25, -0.2) is 4.79 Å². The van der Waals surface area contributed by atoms with Gasteiger partial charge in [-0.3, -0.25) is 10.1 Å². The molecule has 96 valence electrons. The van der Waals surface area contributed by atoms with E-state index < -0.39 is 15.5 Å². The standard InChI is InChI=1S/C11H10BrNO4S/c1-7-3-5-8(6-4-7)18-9(11(14)17-2)10(12)13(15)16/h3-6H,1-2H3. The minimum Gasteiger partial charge on any atom is -0.465 e. The first-order chi connectivity index (χ1) is 8.45. The summed E-state index contributed by atoms with van der Waals surface area (Å²) in [6.45, 7) is 1.93. The van der Waals surface area contributed by atoms with Gasteiger partial charge in [0.2, 0.25) is 0 Å². The number of esters is 1. The van der Waals surface area contributed by atoms with Gasteiger partial charge in [0.15, 0.2) is 4.91 Å². The lowest BCUT2D eigenvalue weighted by atomic mass is 10.2. The molecule has 18 heavy (non-hydrogen) atoms. The lowest BCUT2D eigenvalue weighted by molar-refractivity contribution is -0.409. The van der Waals surface area contributed by atoms with E-state index in [1.807, 2.05) is 19.1 Å². The van der Waals surface area contributed by atoms with E-state index in [-0.39, 0.29) is 4.91 Å². The van der Waals surface area contributed by atoms with Gasteiger partial charge in [-0.1, -0.05) is 29.5 Å². The molecular weight excluding hydrogens is 322 g/mol. The Morgan fingerprint density at radius 3 is 2.39 bits per heavy atom. The van der Waals surface area contributed by atoms with Gasteiger partial charge in [-0.15, -0.1) is 0 Å². The van der Waals surface area contributed by atoms with Gasteiger partial charge in [0.25, 0.3) is 0 Å². The van der Waals surface area contributed by atoms with E-state index in [9.17, 15) is 14.9 Å². The quantitative estimate of drug-likeness (QED) is 0.212. The molecule has 0 N–H and O–H groups in total. The number of carbonyl (C=O) groups is 1. The van der Waals surface area contributed by atoms with Crippen LogP contribution < -0.4 is 0 Å². The van der Waals surface area contributed by atoms with Crippen molar-refractivity contribution in [2.75, 3.05) is 7.11 Å². The van der Waals surface area contributed by atoms with Crippen molar-refractivity contribution in [3.8, 4) is 0 Å². The summed E-state index contributed by atoms with van der Waals surface area (Å²) in [6.07, 6.45) is 0. The summed E-state index contributed by atoms with van der Waals surface area (Å²) in [5.74, 6) is -0.746. The first kappa shape index (κ1) is 14.7. The van der Waals surface area contributed by atoms with Crippen LogP contribution in [0.2, 0.25) is 0 Å². The van der Waals surface area contributed by atoms with Crippen LogP contribution in [-0.2, 0) is 9.53 Å². The minimum atomic E-state index is -0.746. The Morgan fingerprint density at radius 2 is 1.94 bits per heavy atom. The van der Waals surface area contributed by atoms with E-state index in [1.165, 1.54) is 7.11 Å². The molecule has 0 heterocycles. The van der Waals surface area contributed by atoms with Crippen molar-refractivity contribution in [1.82, 2.24) is 0 Å². The van der Waals surface area contributed by atoms with Crippen molar-refractivity contribution >= 4 is 33.7 Å². The van der Waals surface area contributed by atoms with Crippen molar-refractivity contribution < 1.29 is 14.5 Å². The second-order valence-corrected chi connectivity index (χ2v) is 5.12. The van der Waals surface area contributed by atoms with E-state index in [0.717, 1.165) is 22.2 Å². The Bertz CT molecular complexity index is 498. The van der Waals surface area contributed by atoms with E-state index >= 15 is 0 Å². The fourth-order valence-corrected chi connectivity index (χ4v) is 2.31. The molecule has 0 aliphatic heterocycles. The highest BCUT2D eigenvalue weighted by Crippen LogP contribution is 2.32. The number of rotatable bonds is 4. The first-order valence-corrected chi connectivity index (χ1v) is 6.43. The molecule has 0 aliphatic rings. The van der Waals surface area contributed by atoms with Crippen molar-refractivity contribution in [1.29, 1.82) is 0 Å². The monoisotopic (exact) mass is 331 g/mol. The fraction of sp³-hybridized carbons (Fsp3) is 0.182. The largest absolute Gasteiger partial charge is 0.465 e. The van der Waals surface area contributed by atoms with Gasteiger partial charge in [-0.05, 0) is 19.1 Å². The Kier molecular flexibility index (Phi) is 5.36. The molecule has 0 spiro atoms. The third-order valence-electron chi connectivity index (χ3n) is 1.96. The number of thioether (sulfide) groups is 1. The van der Waals surface area contributed by atoms with Crippen LogP contribution in [0.1, 0.15) is 5.56 Å². The van der Waals surface area contributed by atoms with Gasteiger partial charge in [-0.2, -0.15) is 0 Å². The number of nitro groups is 1. The predicted molar refractivity (Wildman–Crippen MR) is 72.0 cm³/mol. The Hall–Kier alpha value is -1.34. The molecule has 0 saturated carbocycles. The number of hydrogen-bond donors (Lipinski definition) is 0. The third-order valence-corrected chi connectivity index (χ3v) is 3.98. The Labute approximate surface area is 116 Å². The maximum atomic E-state index is 11.5. The lowest BCUT2D eigenvalue weighted by Crippen LogP contribution is -2.07. The van der Waals surface area contributed by atoms with Gasteiger partial charge in [0, 0.05) is 20.8 Å². The van der Waals surface area contributed by atoms with Gasteiger partial charge >= 0.3 is 10.6 Å². The van der Waals surface area contributed by atoms with Crippen molar-refractivity contribution in [3.05, 3.63) is 49.5 Å². The van der Waals surface area contributed by atoms with Gasteiger partial charge < -0.3 is 4.74 Å². The van der Waals surface area contributed by atoms with Crippen LogP contribution in [0, 0.1) is 17.0 Å². The molecule has 0 radical (unpaired) electrons. The average molecular weight is 332 g/mol. The molecule has 0 saturated heterocycles. The zero-order valence-corrected chi connectivity index (χ0v) is 12.1. The molecule has 0 amide bonds. The average Bonchev–Trinajstić information content (AvgIpc) is 2.36. The fourth-order valence-electron chi connectivity index (χ4n) is 1.07. The highest BCUT2D eigenvalue weighted by atomic mass is 79.9. The zero-order valence-electron chi connectivity index (χ0n) is 9.68. The van der Waals surface area contributed by atoms with Crippen LogP contribution in [0.25, 0.3) is 0 Å². The third kappa shape index (κ3) is 3.85. The molecule has 7 heteroatoms. The molecule has 5 nitrogen and oxygen atoms in total. The molecule has 1 aromatic rings. The second-order valence-electron chi connectivity index (χ2n) is 3.28. The van der Waals surface area contributed by atoms with Crippen LogP contribution in [0.15, 0.2) is 38.7 Å². The first-order valence-electron chi connectivity index (χ1n) is 4.82. The molecule has 0 unspecified atom stereocenters. The molecule has 0 bridgehead atoms.